The van der Waals surface area contributed by atoms with Crippen molar-refractivity contribution in [2.75, 3.05) is 5.32 Å². The first-order chi connectivity index (χ1) is 15.6. The Balaban J connectivity index is 1.45. The lowest BCUT2D eigenvalue weighted by atomic mass is 10.1. The van der Waals surface area contributed by atoms with Crippen molar-refractivity contribution in [3.63, 3.8) is 0 Å². The van der Waals surface area contributed by atoms with Crippen molar-refractivity contribution in [3.8, 4) is 5.75 Å². The molecule has 0 aliphatic carbocycles. The summed E-state index contributed by atoms with van der Waals surface area (Å²) < 4.78 is 24.4. The zero-order valence-electron chi connectivity index (χ0n) is 16.6. The van der Waals surface area contributed by atoms with E-state index in [4.69, 9.17) is 20.8 Å². The molecule has 4 aromatic rings. The summed E-state index contributed by atoms with van der Waals surface area (Å²) in [4.78, 5) is 13.0. The number of carbonyl (C=O) groups is 1. The van der Waals surface area contributed by atoms with Crippen molar-refractivity contribution in [3.05, 3.63) is 101 Å². The quantitative estimate of drug-likeness (QED) is 0.323. The Kier molecular flexibility index (Phi) is 7.03. The summed E-state index contributed by atoms with van der Waals surface area (Å²) in [7, 11) is 0. The number of halogens is 2. The van der Waals surface area contributed by atoms with E-state index in [-0.39, 0.29) is 29.4 Å². The van der Waals surface area contributed by atoms with E-state index in [2.05, 4.69) is 15.5 Å². The van der Waals surface area contributed by atoms with E-state index < -0.39 is 5.25 Å². The Hall–Kier alpha value is -3.36. The molecule has 3 aromatic carbocycles. The van der Waals surface area contributed by atoms with Crippen molar-refractivity contribution >= 4 is 35.0 Å². The monoisotopic (exact) mass is 469 g/mol. The van der Waals surface area contributed by atoms with Crippen LogP contribution in [0.25, 0.3) is 0 Å². The third kappa shape index (κ3) is 5.87. The average molecular weight is 470 g/mol. The van der Waals surface area contributed by atoms with Crippen molar-refractivity contribution in [1.82, 2.24) is 10.2 Å². The van der Waals surface area contributed by atoms with Crippen LogP contribution in [0.2, 0.25) is 5.02 Å². The summed E-state index contributed by atoms with van der Waals surface area (Å²) >= 11 is 6.98. The van der Waals surface area contributed by atoms with Crippen LogP contribution in [0.1, 0.15) is 16.7 Å². The van der Waals surface area contributed by atoms with Gasteiger partial charge in [0.1, 0.15) is 16.8 Å². The molecule has 0 spiro atoms. The largest absolute Gasteiger partial charge is 0.484 e. The summed E-state index contributed by atoms with van der Waals surface area (Å²) in [6.45, 7) is 0.0764. The molecular weight excluding hydrogens is 453 g/mol. The minimum absolute atomic E-state index is 0.0764. The molecule has 0 saturated heterocycles. The van der Waals surface area contributed by atoms with Gasteiger partial charge in [-0.15, -0.1) is 10.2 Å². The van der Waals surface area contributed by atoms with E-state index in [1.807, 2.05) is 30.3 Å². The van der Waals surface area contributed by atoms with E-state index >= 15 is 0 Å². The van der Waals surface area contributed by atoms with Crippen molar-refractivity contribution in [2.24, 2.45) is 0 Å². The lowest BCUT2D eigenvalue weighted by Gasteiger charge is -2.15. The molecule has 1 aromatic heterocycles. The molecule has 0 radical (unpaired) electrons. The zero-order chi connectivity index (χ0) is 22.3. The number of thioether (sulfide) groups is 1. The molecule has 1 N–H and O–H groups in total. The van der Waals surface area contributed by atoms with E-state index in [0.29, 0.717) is 16.5 Å². The molecule has 9 heteroatoms. The maximum absolute atomic E-state index is 13.2. The highest BCUT2D eigenvalue weighted by Crippen LogP contribution is 2.35. The Bertz CT molecular complexity index is 1170. The predicted molar refractivity (Wildman–Crippen MR) is 120 cm³/mol. The maximum atomic E-state index is 13.2. The molecule has 0 saturated carbocycles. The number of hydrogen-bond donors (Lipinski definition) is 1. The van der Waals surface area contributed by atoms with Gasteiger partial charge in [0, 0.05) is 10.7 Å². The number of anilines is 1. The normalized spacial score (nSPS) is 11.7. The van der Waals surface area contributed by atoms with Gasteiger partial charge >= 0.3 is 0 Å². The lowest BCUT2D eigenvalue weighted by molar-refractivity contribution is -0.115. The van der Waals surface area contributed by atoms with Crippen LogP contribution in [0.5, 0.6) is 5.75 Å². The summed E-state index contributed by atoms with van der Waals surface area (Å²) in [5, 5.41) is 11.0. The fraction of sp³-hybridized carbons (Fsp3) is 0.0870. The first-order valence-corrected chi connectivity index (χ1v) is 10.8. The summed E-state index contributed by atoms with van der Waals surface area (Å²) in [5.74, 6) is 0.206. The zero-order valence-corrected chi connectivity index (χ0v) is 18.1. The molecule has 0 fully saturated rings. The molecule has 0 bridgehead atoms. The molecule has 32 heavy (non-hydrogen) atoms. The Morgan fingerprint density at radius 1 is 1.03 bits per heavy atom. The van der Waals surface area contributed by atoms with Gasteiger partial charge in [-0.2, -0.15) is 0 Å². The lowest BCUT2D eigenvalue weighted by Crippen LogP contribution is -2.19. The standard InChI is InChI=1S/C23H17ClFN3O3S/c24-16-6-12-19(13-7-16)30-14-20-27-28-23(31-20)32-21(15-4-2-1-3-5-15)22(29)26-18-10-8-17(25)9-11-18/h1-13,21H,14H2,(H,26,29)/t21-/m1/s1. The highest BCUT2D eigenvalue weighted by molar-refractivity contribution is 8.00. The van der Waals surface area contributed by atoms with Gasteiger partial charge < -0.3 is 14.5 Å². The van der Waals surface area contributed by atoms with Crippen LogP contribution in [-0.4, -0.2) is 16.1 Å². The SMILES string of the molecule is O=C(Nc1ccc(F)cc1)[C@H](Sc1nnc(COc2ccc(Cl)cc2)o1)c1ccccc1. The maximum Gasteiger partial charge on any atom is 0.277 e. The minimum Gasteiger partial charge on any atom is -0.484 e. The van der Waals surface area contributed by atoms with Crippen LogP contribution < -0.4 is 10.1 Å². The predicted octanol–water partition coefficient (Wildman–Crippen LogP) is 5.91. The number of amides is 1. The van der Waals surface area contributed by atoms with E-state index in [9.17, 15) is 9.18 Å². The second kappa shape index (κ2) is 10.3. The molecule has 0 aliphatic heterocycles. The van der Waals surface area contributed by atoms with Gasteiger partial charge in [0.2, 0.25) is 5.91 Å². The van der Waals surface area contributed by atoms with Crippen molar-refractivity contribution in [2.45, 2.75) is 17.1 Å². The highest BCUT2D eigenvalue weighted by atomic mass is 35.5. The first kappa shape index (κ1) is 21.9. The summed E-state index contributed by atoms with van der Waals surface area (Å²) in [6.07, 6.45) is 0. The van der Waals surface area contributed by atoms with Crippen molar-refractivity contribution < 1.29 is 18.3 Å². The smallest absolute Gasteiger partial charge is 0.277 e. The number of benzene rings is 3. The fourth-order valence-corrected chi connectivity index (χ4v) is 3.78. The molecule has 0 aliphatic rings. The topological polar surface area (TPSA) is 77.2 Å². The third-order valence-electron chi connectivity index (χ3n) is 4.30. The van der Waals surface area contributed by atoms with E-state index in [1.165, 1.54) is 24.3 Å². The van der Waals surface area contributed by atoms with Crippen LogP contribution in [-0.2, 0) is 11.4 Å². The highest BCUT2D eigenvalue weighted by Gasteiger charge is 2.25. The van der Waals surface area contributed by atoms with Crippen LogP contribution in [0.3, 0.4) is 0 Å². The van der Waals surface area contributed by atoms with Crippen LogP contribution in [0.4, 0.5) is 10.1 Å². The average Bonchev–Trinajstić information content (AvgIpc) is 3.27. The van der Waals surface area contributed by atoms with Gasteiger partial charge in [-0.25, -0.2) is 4.39 Å². The third-order valence-corrected chi connectivity index (χ3v) is 5.64. The Morgan fingerprint density at radius 3 is 2.47 bits per heavy atom. The molecule has 1 atom stereocenters. The van der Waals surface area contributed by atoms with E-state index in [1.54, 1.807) is 24.3 Å². The molecule has 4 rings (SSSR count). The molecule has 0 unspecified atom stereocenters. The molecule has 162 valence electrons. The van der Waals surface area contributed by atoms with Crippen molar-refractivity contribution in [1.29, 1.82) is 0 Å². The Morgan fingerprint density at radius 2 is 1.75 bits per heavy atom. The van der Waals surface area contributed by atoms with Crippen LogP contribution in [0.15, 0.2) is 88.5 Å². The second-order valence-corrected chi connectivity index (χ2v) is 8.10. The van der Waals surface area contributed by atoms with Gasteiger partial charge in [-0.05, 0) is 65.9 Å². The molecule has 1 heterocycles. The molecule has 1 amide bonds. The van der Waals surface area contributed by atoms with Gasteiger partial charge in [0.15, 0.2) is 6.61 Å². The number of rotatable bonds is 8. The second-order valence-electron chi connectivity index (χ2n) is 6.61. The molecule has 6 nitrogen and oxygen atoms in total. The summed E-state index contributed by atoms with van der Waals surface area (Å²) in [5.41, 5.74) is 1.25. The number of nitrogens with zero attached hydrogens (tertiary/aromatic N) is 2. The number of nitrogens with one attached hydrogen (secondary N) is 1. The van der Waals surface area contributed by atoms with Crippen LogP contribution >= 0.6 is 23.4 Å². The van der Waals surface area contributed by atoms with Crippen LogP contribution in [0, 0.1) is 5.82 Å². The Labute approximate surface area is 192 Å². The number of ether oxygens (including phenoxy) is 1. The van der Waals surface area contributed by atoms with Gasteiger partial charge in [0.25, 0.3) is 11.1 Å². The fourth-order valence-electron chi connectivity index (χ4n) is 2.76. The van der Waals surface area contributed by atoms with Gasteiger partial charge in [0.05, 0.1) is 0 Å². The molecular formula is C23H17ClFN3O3S. The van der Waals surface area contributed by atoms with Gasteiger partial charge in [-0.3, -0.25) is 4.79 Å². The number of carbonyl (C=O) groups excluding carboxylic acids is 1. The number of hydrogen-bond acceptors (Lipinski definition) is 6. The summed E-state index contributed by atoms with van der Waals surface area (Å²) in [6, 6.07) is 21.7. The van der Waals surface area contributed by atoms with Gasteiger partial charge in [-0.1, -0.05) is 41.9 Å². The number of aromatic nitrogens is 2. The minimum atomic E-state index is -0.660. The first-order valence-electron chi connectivity index (χ1n) is 9.55. The van der Waals surface area contributed by atoms with E-state index in [0.717, 1.165) is 17.3 Å².